The molecule has 2 unspecified atom stereocenters. The van der Waals surface area contributed by atoms with Gasteiger partial charge in [0.15, 0.2) is 0 Å². The first-order chi connectivity index (χ1) is 15.4. The van der Waals surface area contributed by atoms with Crippen LogP contribution in [-0.2, 0) is 12.0 Å². The third kappa shape index (κ3) is 6.29. The molecule has 1 amide bonds. The number of alkyl halides is 3. The van der Waals surface area contributed by atoms with E-state index in [1.807, 2.05) is 0 Å². The number of carboxylic acid groups (broad SMARTS) is 1. The van der Waals surface area contributed by atoms with E-state index in [9.17, 15) is 31.9 Å². The second-order valence-electron chi connectivity index (χ2n) is 8.13. The summed E-state index contributed by atoms with van der Waals surface area (Å²) in [6, 6.07) is 7.56. The molecule has 1 aliphatic rings. The van der Waals surface area contributed by atoms with Gasteiger partial charge in [-0.05, 0) is 54.2 Å². The number of aliphatic hydroxyl groups is 1. The summed E-state index contributed by atoms with van der Waals surface area (Å²) in [5.41, 5.74) is -0.945. The number of hydrogen-bond donors (Lipinski definition) is 4. The molecule has 1 saturated carbocycles. The molecule has 0 saturated heterocycles. The Morgan fingerprint density at radius 2 is 1.76 bits per heavy atom. The Balaban J connectivity index is 1.71. The van der Waals surface area contributed by atoms with Gasteiger partial charge in [0.1, 0.15) is 11.6 Å². The zero-order chi connectivity index (χ0) is 24.4. The molecule has 0 radical (unpaired) electrons. The summed E-state index contributed by atoms with van der Waals surface area (Å²) >= 11 is 0. The van der Waals surface area contributed by atoms with Crippen LogP contribution in [0.15, 0.2) is 49.0 Å². The summed E-state index contributed by atoms with van der Waals surface area (Å²) in [6.45, 7) is 3.01. The maximum Gasteiger partial charge on any atom is 0.416 e. The number of carbonyl (C=O) groups is 1. The first-order valence-corrected chi connectivity index (χ1v) is 10.1. The zero-order valence-corrected chi connectivity index (χ0v) is 17.4. The molecule has 0 aliphatic heterocycles. The van der Waals surface area contributed by atoms with E-state index in [0.717, 1.165) is 12.1 Å². The minimum Gasteiger partial charge on any atom is -0.465 e. The van der Waals surface area contributed by atoms with Crippen molar-refractivity contribution in [3.8, 4) is 0 Å². The van der Waals surface area contributed by atoms with E-state index in [2.05, 4.69) is 17.2 Å². The Morgan fingerprint density at radius 3 is 2.30 bits per heavy atom. The lowest BCUT2D eigenvalue weighted by Crippen LogP contribution is -2.49. The fraction of sp³-hybridized carbons (Fsp3) is 0.348. The summed E-state index contributed by atoms with van der Waals surface area (Å²) < 4.78 is 66.0. The number of hydrogen-bond acceptors (Lipinski definition) is 3. The minimum atomic E-state index is -4.56. The SMILES string of the molecule is C=C(c1cccc(C2(NCC(O)C(Cc3cc(F)cc(F)c3)NC(=O)O)CC2)c1)C(F)(F)F. The lowest BCUT2D eigenvalue weighted by Gasteiger charge is -2.26. The first kappa shape index (κ1) is 24.7. The normalized spacial score (nSPS) is 16.7. The summed E-state index contributed by atoms with van der Waals surface area (Å²) in [6.07, 6.45) is -6.22. The van der Waals surface area contributed by atoms with E-state index in [1.165, 1.54) is 18.2 Å². The van der Waals surface area contributed by atoms with E-state index in [4.69, 9.17) is 5.11 Å². The highest BCUT2D eigenvalue weighted by atomic mass is 19.4. The number of nitrogens with one attached hydrogen (secondary N) is 2. The number of benzene rings is 2. The second-order valence-corrected chi connectivity index (χ2v) is 8.13. The highest BCUT2D eigenvalue weighted by Crippen LogP contribution is 2.46. The monoisotopic (exact) mass is 470 g/mol. The molecule has 0 bridgehead atoms. The third-order valence-corrected chi connectivity index (χ3v) is 5.66. The van der Waals surface area contributed by atoms with Gasteiger partial charge in [-0.1, -0.05) is 24.8 Å². The average molecular weight is 470 g/mol. The van der Waals surface area contributed by atoms with Crippen molar-refractivity contribution in [2.75, 3.05) is 6.54 Å². The van der Waals surface area contributed by atoms with E-state index < -0.39 is 47.2 Å². The van der Waals surface area contributed by atoms with Crippen molar-refractivity contribution in [1.29, 1.82) is 0 Å². The number of halogens is 5. The van der Waals surface area contributed by atoms with Crippen molar-refractivity contribution in [1.82, 2.24) is 10.6 Å². The predicted molar refractivity (Wildman–Crippen MR) is 111 cm³/mol. The van der Waals surface area contributed by atoms with Crippen LogP contribution in [0.4, 0.5) is 26.7 Å². The van der Waals surface area contributed by atoms with Crippen LogP contribution in [0.2, 0.25) is 0 Å². The summed E-state index contributed by atoms with van der Waals surface area (Å²) in [4.78, 5) is 11.2. The smallest absolute Gasteiger partial charge is 0.416 e. The maximum absolute atomic E-state index is 13.5. The van der Waals surface area contributed by atoms with Gasteiger partial charge >= 0.3 is 12.3 Å². The van der Waals surface area contributed by atoms with Crippen LogP contribution in [0, 0.1) is 11.6 Å². The van der Waals surface area contributed by atoms with Gasteiger partial charge in [0.2, 0.25) is 0 Å². The highest BCUT2D eigenvalue weighted by Gasteiger charge is 2.45. The molecule has 0 aromatic heterocycles. The summed E-state index contributed by atoms with van der Waals surface area (Å²) in [5.74, 6) is -1.66. The molecule has 2 aromatic carbocycles. The molecule has 2 atom stereocenters. The lowest BCUT2D eigenvalue weighted by molar-refractivity contribution is -0.0686. The second kappa shape index (κ2) is 9.48. The van der Waals surface area contributed by atoms with Gasteiger partial charge in [-0.3, -0.25) is 0 Å². The van der Waals surface area contributed by atoms with Gasteiger partial charge < -0.3 is 20.8 Å². The Morgan fingerprint density at radius 1 is 1.12 bits per heavy atom. The van der Waals surface area contributed by atoms with Gasteiger partial charge in [-0.25, -0.2) is 13.6 Å². The van der Waals surface area contributed by atoms with Crippen molar-refractivity contribution >= 4 is 11.7 Å². The Hall–Kier alpha value is -2.98. The standard InChI is InChI=1S/C23H23F5N2O3/c1-13(23(26,27)28)15-3-2-4-16(10-15)22(5-6-22)29-12-20(31)19(30-21(32)33)9-14-7-17(24)11-18(25)8-14/h2-4,7-8,10-11,19-20,29-31H,1,5-6,9,12H2,(H,32,33). The van der Waals surface area contributed by atoms with Crippen molar-refractivity contribution in [2.24, 2.45) is 0 Å². The molecule has 178 valence electrons. The van der Waals surface area contributed by atoms with Crippen LogP contribution in [0.3, 0.4) is 0 Å². The summed E-state index contributed by atoms with van der Waals surface area (Å²) in [7, 11) is 0. The molecule has 1 fully saturated rings. The van der Waals surface area contributed by atoms with Gasteiger partial charge in [0, 0.05) is 18.2 Å². The molecule has 0 heterocycles. The van der Waals surface area contributed by atoms with E-state index >= 15 is 0 Å². The molecule has 4 N–H and O–H groups in total. The Bertz CT molecular complexity index is 1020. The molecule has 10 heteroatoms. The molecular formula is C23H23F5N2O3. The van der Waals surface area contributed by atoms with E-state index in [0.29, 0.717) is 24.5 Å². The molecular weight excluding hydrogens is 447 g/mol. The van der Waals surface area contributed by atoms with Crippen molar-refractivity contribution < 1.29 is 37.0 Å². The quantitative estimate of drug-likeness (QED) is 0.411. The van der Waals surface area contributed by atoms with Crippen LogP contribution in [0.1, 0.15) is 29.5 Å². The number of amides is 1. The number of allylic oxidation sites excluding steroid dienone is 1. The van der Waals surface area contributed by atoms with Crippen LogP contribution in [-0.4, -0.2) is 41.2 Å². The van der Waals surface area contributed by atoms with Crippen LogP contribution < -0.4 is 10.6 Å². The number of rotatable bonds is 9. The third-order valence-electron chi connectivity index (χ3n) is 5.66. The van der Waals surface area contributed by atoms with Gasteiger partial charge in [-0.15, -0.1) is 0 Å². The topological polar surface area (TPSA) is 81.6 Å². The number of aliphatic hydroxyl groups excluding tert-OH is 1. The molecule has 33 heavy (non-hydrogen) atoms. The molecule has 1 aliphatic carbocycles. The van der Waals surface area contributed by atoms with Gasteiger partial charge in [0.05, 0.1) is 17.7 Å². The van der Waals surface area contributed by atoms with Crippen LogP contribution in [0.5, 0.6) is 0 Å². The predicted octanol–water partition coefficient (Wildman–Crippen LogP) is 4.36. The van der Waals surface area contributed by atoms with Crippen molar-refractivity contribution in [2.45, 2.75) is 43.1 Å². The molecule has 2 aromatic rings. The largest absolute Gasteiger partial charge is 0.465 e. The lowest BCUT2D eigenvalue weighted by atomic mass is 9.97. The fourth-order valence-corrected chi connectivity index (χ4v) is 3.73. The molecule has 5 nitrogen and oxygen atoms in total. The van der Waals surface area contributed by atoms with Crippen LogP contribution >= 0.6 is 0 Å². The van der Waals surface area contributed by atoms with Crippen molar-refractivity contribution in [3.05, 3.63) is 77.4 Å². The van der Waals surface area contributed by atoms with E-state index in [-0.39, 0.29) is 24.1 Å². The van der Waals surface area contributed by atoms with E-state index in [1.54, 1.807) is 6.07 Å². The highest BCUT2D eigenvalue weighted by molar-refractivity contribution is 5.68. The fourth-order valence-electron chi connectivity index (χ4n) is 3.73. The van der Waals surface area contributed by atoms with Crippen LogP contribution in [0.25, 0.3) is 5.57 Å². The Labute approximate surface area is 186 Å². The average Bonchev–Trinajstić information content (AvgIpc) is 3.50. The zero-order valence-electron chi connectivity index (χ0n) is 17.4. The maximum atomic E-state index is 13.5. The van der Waals surface area contributed by atoms with Gasteiger partial charge in [0.25, 0.3) is 0 Å². The van der Waals surface area contributed by atoms with Gasteiger partial charge in [-0.2, -0.15) is 13.2 Å². The first-order valence-electron chi connectivity index (χ1n) is 10.1. The van der Waals surface area contributed by atoms with Crippen molar-refractivity contribution in [3.63, 3.8) is 0 Å². The minimum absolute atomic E-state index is 0.0628. The molecule has 3 rings (SSSR count). The molecule has 0 spiro atoms. The summed E-state index contributed by atoms with van der Waals surface area (Å²) in [5, 5.41) is 25.0. The Kier molecular flexibility index (Phi) is 7.08.